The van der Waals surface area contributed by atoms with E-state index < -0.39 is 48.7 Å². The van der Waals surface area contributed by atoms with Crippen LogP contribution >= 0.6 is 0 Å². The summed E-state index contributed by atoms with van der Waals surface area (Å²) in [5, 5.41) is 48.2. The van der Waals surface area contributed by atoms with Gasteiger partial charge in [-0.25, -0.2) is 0 Å². The molecule has 0 aromatic carbocycles. The lowest BCUT2D eigenvalue weighted by molar-refractivity contribution is -0.346. The SMILES string of the molecule is C=CC1C2=CCOC(=CO)C2=CC(=O)C1OC1OC(O)C(O)C(O)C1O. The molecule has 0 bridgehead atoms. The van der Waals surface area contributed by atoms with Gasteiger partial charge >= 0.3 is 0 Å². The summed E-state index contributed by atoms with van der Waals surface area (Å²) >= 11 is 0. The first-order valence-electron chi connectivity index (χ1n) is 7.98. The molecule has 0 amide bonds. The fourth-order valence-electron chi connectivity index (χ4n) is 3.18. The number of aliphatic hydroxyl groups is 5. The minimum atomic E-state index is -1.78. The van der Waals surface area contributed by atoms with Crippen molar-refractivity contribution < 1.29 is 44.5 Å². The molecule has 0 saturated carbocycles. The predicted octanol–water partition coefficient (Wildman–Crippen LogP) is -1.20. The van der Waals surface area contributed by atoms with Gasteiger partial charge in [0.1, 0.15) is 37.3 Å². The van der Waals surface area contributed by atoms with Crippen molar-refractivity contribution in [1.29, 1.82) is 0 Å². The molecule has 0 spiro atoms. The van der Waals surface area contributed by atoms with Crippen LogP contribution in [0.2, 0.25) is 0 Å². The second-order valence-electron chi connectivity index (χ2n) is 6.11. The van der Waals surface area contributed by atoms with Crippen molar-refractivity contribution in [2.45, 2.75) is 37.0 Å². The monoisotopic (exact) mass is 368 g/mol. The third-order valence-corrected chi connectivity index (χ3v) is 4.57. The van der Waals surface area contributed by atoms with Gasteiger partial charge in [0.05, 0.1) is 0 Å². The average molecular weight is 368 g/mol. The number of rotatable bonds is 3. The molecule has 9 nitrogen and oxygen atoms in total. The molecular weight excluding hydrogens is 348 g/mol. The molecule has 7 unspecified atom stereocenters. The smallest absolute Gasteiger partial charge is 0.190 e. The summed E-state index contributed by atoms with van der Waals surface area (Å²) in [5.74, 6) is -1.000. The third-order valence-electron chi connectivity index (χ3n) is 4.57. The van der Waals surface area contributed by atoms with Gasteiger partial charge in [-0.15, -0.1) is 6.58 Å². The molecule has 0 radical (unpaired) electrons. The average Bonchev–Trinajstić information content (AvgIpc) is 2.64. The molecule has 2 aliphatic heterocycles. The lowest BCUT2D eigenvalue weighted by Gasteiger charge is -2.41. The van der Waals surface area contributed by atoms with Crippen molar-refractivity contribution in [3.8, 4) is 0 Å². The molecule has 1 saturated heterocycles. The summed E-state index contributed by atoms with van der Waals surface area (Å²) in [6, 6.07) is 0. The standard InChI is InChI=1S/C17H20O9/c1-2-7-8-3-4-24-11(6-18)9(8)5-10(19)15(7)25-17-14(22)12(20)13(21)16(23)26-17/h2-3,5-7,12-18,20-23H,1,4H2. The van der Waals surface area contributed by atoms with E-state index in [0.717, 1.165) is 6.26 Å². The first-order chi connectivity index (χ1) is 12.4. The predicted molar refractivity (Wildman–Crippen MR) is 85.3 cm³/mol. The number of hydrogen-bond donors (Lipinski definition) is 5. The fraction of sp³-hybridized carbons (Fsp3) is 0.471. The largest absolute Gasteiger partial charge is 0.512 e. The molecule has 7 atom stereocenters. The minimum absolute atomic E-state index is 0.143. The Morgan fingerprint density at radius 1 is 1.19 bits per heavy atom. The molecule has 142 valence electrons. The number of carbonyl (C=O) groups is 1. The Hall–Kier alpha value is -2.01. The van der Waals surface area contributed by atoms with E-state index in [1.54, 1.807) is 6.08 Å². The number of hydrogen-bond acceptors (Lipinski definition) is 9. The van der Waals surface area contributed by atoms with Crippen LogP contribution in [0.4, 0.5) is 0 Å². The summed E-state index contributed by atoms with van der Waals surface area (Å²) in [7, 11) is 0. The molecular formula is C17H20O9. The zero-order valence-corrected chi connectivity index (χ0v) is 13.6. The summed E-state index contributed by atoms with van der Waals surface area (Å²) < 4.78 is 15.8. The number of carbonyl (C=O) groups excluding carboxylic acids is 1. The van der Waals surface area contributed by atoms with Gasteiger partial charge in [0, 0.05) is 11.5 Å². The molecule has 0 aromatic heterocycles. The molecule has 26 heavy (non-hydrogen) atoms. The molecule has 3 rings (SSSR count). The molecule has 3 aliphatic rings. The minimum Gasteiger partial charge on any atom is -0.512 e. The fourth-order valence-corrected chi connectivity index (χ4v) is 3.18. The maximum Gasteiger partial charge on any atom is 0.190 e. The van der Waals surface area contributed by atoms with Gasteiger partial charge in [0.15, 0.2) is 24.1 Å². The van der Waals surface area contributed by atoms with Crippen LogP contribution < -0.4 is 0 Å². The summed E-state index contributed by atoms with van der Waals surface area (Å²) in [6.45, 7) is 3.88. The lowest BCUT2D eigenvalue weighted by Crippen LogP contribution is -2.59. The summed E-state index contributed by atoms with van der Waals surface area (Å²) in [4.78, 5) is 12.5. The zero-order chi connectivity index (χ0) is 19.0. The van der Waals surface area contributed by atoms with Gasteiger partial charge in [-0.2, -0.15) is 0 Å². The Morgan fingerprint density at radius 3 is 2.58 bits per heavy atom. The lowest BCUT2D eigenvalue weighted by atomic mass is 9.79. The zero-order valence-electron chi connectivity index (χ0n) is 13.6. The van der Waals surface area contributed by atoms with Crippen LogP contribution in [0, 0.1) is 5.92 Å². The van der Waals surface area contributed by atoms with Crippen molar-refractivity contribution >= 4 is 5.78 Å². The highest BCUT2D eigenvalue weighted by atomic mass is 16.7. The second kappa shape index (κ2) is 7.31. The number of ether oxygens (including phenoxy) is 3. The molecule has 1 aliphatic carbocycles. The van der Waals surface area contributed by atoms with Crippen LogP contribution in [-0.2, 0) is 19.0 Å². The summed E-state index contributed by atoms with van der Waals surface area (Å²) in [6.07, 6.45) is -4.38. The van der Waals surface area contributed by atoms with Crippen LogP contribution in [-0.4, -0.2) is 74.9 Å². The van der Waals surface area contributed by atoms with E-state index in [4.69, 9.17) is 14.2 Å². The highest BCUT2D eigenvalue weighted by Crippen LogP contribution is 2.38. The number of ketones is 1. The Labute approximate surface area is 148 Å². The Balaban J connectivity index is 1.87. The number of fused-ring (bicyclic) bond motifs is 1. The Morgan fingerprint density at radius 2 is 1.92 bits per heavy atom. The van der Waals surface area contributed by atoms with Gasteiger partial charge in [-0.1, -0.05) is 6.08 Å². The third kappa shape index (κ3) is 3.09. The first-order valence-corrected chi connectivity index (χ1v) is 7.98. The quantitative estimate of drug-likeness (QED) is 0.306. The van der Waals surface area contributed by atoms with E-state index in [-0.39, 0.29) is 12.4 Å². The maximum atomic E-state index is 12.5. The van der Waals surface area contributed by atoms with Crippen molar-refractivity contribution in [1.82, 2.24) is 0 Å². The van der Waals surface area contributed by atoms with Crippen molar-refractivity contribution in [3.63, 3.8) is 0 Å². The van der Waals surface area contributed by atoms with Crippen LogP contribution in [0.5, 0.6) is 0 Å². The van der Waals surface area contributed by atoms with Crippen LogP contribution in [0.25, 0.3) is 0 Å². The van der Waals surface area contributed by atoms with E-state index in [9.17, 15) is 30.3 Å². The molecule has 0 aromatic rings. The second-order valence-corrected chi connectivity index (χ2v) is 6.11. The van der Waals surface area contributed by atoms with Crippen molar-refractivity contribution in [2.75, 3.05) is 6.61 Å². The highest BCUT2D eigenvalue weighted by Gasteiger charge is 2.47. The topological polar surface area (TPSA) is 146 Å². The first kappa shape index (κ1) is 18.8. The van der Waals surface area contributed by atoms with Gasteiger partial charge in [-0.3, -0.25) is 4.79 Å². The van der Waals surface area contributed by atoms with Gasteiger partial charge in [0.25, 0.3) is 0 Å². The van der Waals surface area contributed by atoms with Gasteiger partial charge in [-0.05, 0) is 17.7 Å². The normalized spacial score (nSPS) is 41.8. The van der Waals surface area contributed by atoms with E-state index >= 15 is 0 Å². The number of allylic oxidation sites excluding steroid dienone is 1. The highest BCUT2D eigenvalue weighted by molar-refractivity contribution is 5.98. The van der Waals surface area contributed by atoms with E-state index in [1.807, 2.05) is 0 Å². The number of aliphatic hydroxyl groups excluding tert-OH is 5. The molecule has 5 N–H and O–H groups in total. The van der Waals surface area contributed by atoms with Gasteiger partial charge < -0.3 is 39.7 Å². The Bertz CT molecular complexity index is 680. The van der Waals surface area contributed by atoms with E-state index in [2.05, 4.69) is 6.58 Å². The molecule has 1 fully saturated rings. The van der Waals surface area contributed by atoms with E-state index in [0.29, 0.717) is 11.1 Å². The maximum absolute atomic E-state index is 12.5. The van der Waals surface area contributed by atoms with E-state index in [1.165, 1.54) is 12.2 Å². The Kier molecular flexibility index (Phi) is 5.28. The molecule has 2 heterocycles. The van der Waals surface area contributed by atoms with Crippen LogP contribution in [0.3, 0.4) is 0 Å². The van der Waals surface area contributed by atoms with Crippen molar-refractivity contribution in [2.24, 2.45) is 5.92 Å². The van der Waals surface area contributed by atoms with Crippen molar-refractivity contribution in [3.05, 3.63) is 48.0 Å². The van der Waals surface area contributed by atoms with Crippen LogP contribution in [0.1, 0.15) is 0 Å². The summed E-state index contributed by atoms with van der Waals surface area (Å²) in [5.41, 5.74) is 1.04. The molecule has 9 heteroatoms. The van der Waals surface area contributed by atoms with Gasteiger partial charge in [0.2, 0.25) is 0 Å². The van der Waals surface area contributed by atoms with Crippen LogP contribution in [0.15, 0.2) is 48.0 Å².